The molecule has 2 amide bonds. The molecule has 3 aliphatic rings. The van der Waals surface area contributed by atoms with Crippen LogP contribution in [0.5, 0.6) is 0 Å². The minimum Gasteiger partial charge on any atom is -0.481 e. The molecule has 8 heteroatoms. The lowest BCUT2D eigenvalue weighted by Crippen LogP contribution is -2.64. The van der Waals surface area contributed by atoms with E-state index in [0.29, 0.717) is 38.9 Å². The lowest BCUT2D eigenvalue weighted by Gasteiger charge is -2.42. The van der Waals surface area contributed by atoms with Crippen LogP contribution in [0, 0.1) is 5.92 Å². The number of nitrogens with zero attached hydrogens (tertiary/aromatic N) is 2. The van der Waals surface area contributed by atoms with Crippen molar-refractivity contribution in [1.29, 1.82) is 0 Å². The van der Waals surface area contributed by atoms with Gasteiger partial charge >= 0.3 is 12.1 Å². The molecule has 0 spiro atoms. The molecule has 0 bridgehead atoms. The summed E-state index contributed by atoms with van der Waals surface area (Å²) in [4.78, 5) is 43.4. The largest absolute Gasteiger partial charge is 0.481 e. The standard InChI is InChI=1S/C34H37N3O5/c1-23-15-16-25(31(38)39)20-37(23)32(40)34(17-18-36(22-34)19-24-9-3-2-4-10-24)35-33(41)42-21-30-28-13-7-5-11-26(28)27-12-6-8-14-29(27)30/h2-14,23,25,30H,15-22H2,1H3,(H,35,41)(H,38,39). The molecule has 1 aliphatic carbocycles. The Bertz CT molecular complexity index is 1430. The number of hydrogen-bond donors (Lipinski definition) is 2. The monoisotopic (exact) mass is 567 g/mol. The summed E-state index contributed by atoms with van der Waals surface area (Å²) >= 11 is 0. The molecule has 2 aliphatic heterocycles. The first-order chi connectivity index (χ1) is 20.3. The average molecular weight is 568 g/mol. The first kappa shape index (κ1) is 28.0. The number of ether oxygens (including phenoxy) is 1. The van der Waals surface area contributed by atoms with Gasteiger partial charge in [-0.3, -0.25) is 14.5 Å². The highest BCUT2D eigenvalue weighted by Crippen LogP contribution is 2.44. The summed E-state index contributed by atoms with van der Waals surface area (Å²) in [5.41, 5.74) is 4.45. The number of aliphatic carboxylic acids is 1. The normalized spacial score (nSPS) is 23.7. The molecule has 42 heavy (non-hydrogen) atoms. The van der Waals surface area contributed by atoms with Gasteiger partial charge in [-0.05, 0) is 54.0 Å². The van der Waals surface area contributed by atoms with Gasteiger partial charge in [0, 0.05) is 38.1 Å². The van der Waals surface area contributed by atoms with E-state index in [1.54, 1.807) is 4.90 Å². The van der Waals surface area contributed by atoms with Gasteiger partial charge in [-0.15, -0.1) is 0 Å². The van der Waals surface area contributed by atoms with E-state index < -0.39 is 23.5 Å². The second-order valence-corrected chi connectivity index (χ2v) is 11.9. The van der Waals surface area contributed by atoms with Gasteiger partial charge in [-0.1, -0.05) is 78.9 Å². The van der Waals surface area contributed by atoms with E-state index in [1.165, 1.54) is 0 Å². The molecule has 2 fully saturated rings. The van der Waals surface area contributed by atoms with Crippen LogP contribution in [0.3, 0.4) is 0 Å². The number of fused-ring (bicyclic) bond motifs is 3. The molecule has 2 N–H and O–H groups in total. The molecule has 3 aromatic carbocycles. The average Bonchev–Trinajstić information content (AvgIpc) is 3.55. The number of carbonyl (C=O) groups is 3. The number of amides is 2. The summed E-state index contributed by atoms with van der Waals surface area (Å²) in [6.45, 7) is 3.84. The molecule has 8 nitrogen and oxygen atoms in total. The minimum absolute atomic E-state index is 0.0913. The molecule has 2 heterocycles. The maximum Gasteiger partial charge on any atom is 0.408 e. The molecule has 3 atom stereocenters. The van der Waals surface area contributed by atoms with Crippen molar-refractivity contribution in [3.8, 4) is 11.1 Å². The van der Waals surface area contributed by atoms with Crippen LogP contribution in [0.2, 0.25) is 0 Å². The molecular weight excluding hydrogens is 530 g/mol. The van der Waals surface area contributed by atoms with Gasteiger partial charge in [-0.25, -0.2) is 4.79 Å². The van der Waals surface area contributed by atoms with Gasteiger partial charge in [0.2, 0.25) is 5.91 Å². The Kier molecular flexibility index (Phi) is 7.73. The van der Waals surface area contributed by atoms with Crippen molar-refractivity contribution in [2.45, 2.75) is 50.2 Å². The summed E-state index contributed by atoms with van der Waals surface area (Å²) in [5.74, 6) is -1.83. The van der Waals surface area contributed by atoms with Crippen LogP contribution >= 0.6 is 0 Å². The first-order valence-corrected chi connectivity index (χ1v) is 14.8. The van der Waals surface area contributed by atoms with E-state index in [0.717, 1.165) is 27.8 Å². The number of hydrogen-bond acceptors (Lipinski definition) is 5. The molecule has 0 saturated carbocycles. The summed E-state index contributed by atoms with van der Waals surface area (Å²) in [6.07, 6.45) is 0.931. The molecular formula is C34H37N3O5. The smallest absolute Gasteiger partial charge is 0.408 e. The van der Waals surface area contributed by atoms with Crippen LogP contribution in [-0.4, -0.2) is 70.7 Å². The van der Waals surface area contributed by atoms with Gasteiger partial charge in [0.05, 0.1) is 5.92 Å². The lowest BCUT2D eigenvalue weighted by molar-refractivity contribution is -0.149. The summed E-state index contributed by atoms with van der Waals surface area (Å²) in [7, 11) is 0. The van der Waals surface area contributed by atoms with Crippen molar-refractivity contribution in [1.82, 2.24) is 15.1 Å². The predicted molar refractivity (Wildman–Crippen MR) is 159 cm³/mol. The van der Waals surface area contributed by atoms with E-state index in [1.807, 2.05) is 61.5 Å². The lowest BCUT2D eigenvalue weighted by atomic mass is 9.89. The number of piperidine rings is 1. The highest BCUT2D eigenvalue weighted by Gasteiger charge is 2.50. The minimum atomic E-state index is -1.20. The fourth-order valence-electron chi connectivity index (χ4n) is 6.89. The topological polar surface area (TPSA) is 99.2 Å². The number of likely N-dealkylation sites (tertiary alicyclic amines) is 2. The second-order valence-electron chi connectivity index (χ2n) is 11.9. The third-order valence-electron chi connectivity index (χ3n) is 9.18. The number of carboxylic acid groups (broad SMARTS) is 1. The highest BCUT2D eigenvalue weighted by molar-refractivity contribution is 5.91. The van der Waals surface area contributed by atoms with E-state index in [2.05, 4.69) is 34.5 Å². The molecule has 6 rings (SSSR count). The Morgan fingerprint density at radius 2 is 1.57 bits per heavy atom. The van der Waals surface area contributed by atoms with Crippen molar-refractivity contribution in [2.24, 2.45) is 5.92 Å². The molecule has 3 aromatic rings. The first-order valence-electron chi connectivity index (χ1n) is 14.8. The van der Waals surface area contributed by atoms with Crippen molar-refractivity contribution < 1.29 is 24.2 Å². The number of nitrogens with one attached hydrogen (secondary N) is 1. The quantitative estimate of drug-likeness (QED) is 0.422. The molecule has 3 unspecified atom stereocenters. The molecule has 2 saturated heterocycles. The van der Waals surface area contributed by atoms with Crippen LogP contribution in [0.15, 0.2) is 78.9 Å². The van der Waals surface area contributed by atoms with Crippen molar-refractivity contribution in [3.05, 3.63) is 95.6 Å². The van der Waals surface area contributed by atoms with Gasteiger partial charge in [0.25, 0.3) is 0 Å². The van der Waals surface area contributed by atoms with Gasteiger partial charge in [-0.2, -0.15) is 0 Å². The summed E-state index contributed by atoms with van der Waals surface area (Å²) in [5, 5.41) is 12.7. The number of benzene rings is 3. The van der Waals surface area contributed by atoms with Crippen LogP contribution < -0.4 is 5.32 Å². The van der Waals surface area contributed by atoms with Crippen molar-refractivity contribution >= 4 is 18.0 Å². The SMILES string of the molecule is CC1CCC(C(=O)O)CN1C(=O)C1(NC(=O)OCC2c3ccccc3-c3ccccc32)CCN(Cc2ccccc2)C1. The van der Waals surface area contributed by atoms with Crippen LogP contribution in [0.25, 0.3) is 11.1 Å². The Morgan fingerprint density at radius 3 is 2.24 bits per heavy atom. The zero-order valence-electron chi connectivity index (χ0n) is 23.9. The van der Waals surface area contributed by atoms with Crippen molar-refractivity contribution in [3.63, 3.8) is 0 Å². The maximum absolute atomic E-state index is 14.3. The van der Waals surface area contributed by atoms with Crippen LogP contribution in [-0.2, 0) is 20.9 Å². The van der Waals surface area contributed by atoms with E-state index in [4.69, 9.17) is 4.74 Å². The predicted octanol–water partition coefficient (Wildman–Crippen LogP) is 4.88. The highest BCUT2D eigenvalue weighted by atomic mass is 16.5. The summed E-state index contributed by atoms with van der Waals surface area (Å²) < 4.78 is 5.87. The van der Waals surface area contributed by atoms with Crippen LogP contribution in [0.1, 0.15) is 48.8 Å². The second kappa shape index (κ2) is 11.6. The Balaban J connectivity index is 1.21. The Morgan fingerprint density at radius 1 is 0.929 bits per heavy atom. The van der Waals surface area contributed by atoms with Gasteiger partial charge in [0.15, 0.2) is 0 Å². The van der Waals surface area contributed by atoms with Crippen LogP contribution in [0.4, 0.5) is 4.79 Å². The number of carbonyl (C=O) groups excluding carboxylic acids is 2. The number of alkyl carbamates (subject to hydrolysis) is 1. The summed E-state index contributed by atoms with van der Waals surface area (Å²) in [6, 6.07) is 26.3. The van der Waals surface area contributed by atoms with Crippen molar-refractivity contribution in [2.75, 3.05) is 26.2 Å². The fourth-order valence-corrected chi connectivity index (χ4v) is 6.89. The third kappa shape index (κ3) is 5.39. The Labute approximate surface area is 246 Å². The van der Waals surface area contributed by atoms with E-state index >= 15 is 0 Å². The van der Waals surface area contributed by atoms with Gasteiger partial charge in [0.1, 0.15) is 12.1 Å². The molecule has 218 valence electrons. The van der Waals surface area contributed by atoms with E-state index in [-0.39, 0.29) is 31.0 Å². The maximum atomic E-state index is 14.3. The zero-order chi connectivity index (χ0) is 29.3. The Hall–Kier alpha value is -4.17. The number of carboxylic acids is 1. The van der Waals surface area contributed by atoms with Gasteiger partial charge < -0.3 is 20.1 Å². The molecule has 0 aromatic heterocycles. The fraction of sp³-hybridized carbons (Fsp3) is 0.382. The molecule has 0 radical (unpaired) electrons. The number of rotatable bonds is 7. The third-order valence-corrected chi connectivity index (χ3v) is 9.18. The zero-order valence-corrected chi connectivity index (χ0v) is 23.9. The van der Waals surface area contributed by atoms with E-state index in [9.17, 15) is 19.5 Å².